The van der Waals surface area contributed by atoms with Crippen LogP contribution in [0.1, 0.15) is 19.3 Å². The third-order valence-electron chi connectivity index (χ3n) is 6.71. The van der Waals surface area contributed by atoms with Gasteiger partial charge in [0.25, 0.3) is 0 Å². The van der Waals surface area contributed by atoms with E-state index in [1.807, 2.05) is 44.8 Å². The largest absolute Gasteiger partial charge is 0.491 e. The summed E-state index contributed by atoms with van der Waals surface area (Å²) >= 11 is 0. The van der Waals surface area contributed by atoms with Crippen molar-refractivity contribution in [3.05, 3.63) is 49.1 Å². The van der Waals surface area contributed by atoms with E-state index in [2.05, 4.69) is 47.1 Å². The van der Waals surface area contributed by atoms with Crippen LogP contribution in [0.2, 0.25) is 0 Å². The number of H-pyrrole nitrogens is 2. The molecular formula is C27H30N8O. The fourth-order valence-corrected chi connectivity index (χ4v) is 4.79. The Bertz CT molecular complexity index is 1500. The van der Waals surface area contributed by atoms with Crippen molar-refractivity contribution in [1.82, 2.24) is 35.0 Å². The van der Waals surface area contributed by atoms with Gasteiger partial charge in [-0.2, -0.15) is 5.10 Å². The van der Waals surface area contributed by atoms with Crippen LogP contribution in [-0.2, 0) is 0 Å². The Morgan fingerprint density at radius 3 is 2.69 bits per heavy atom. The number of piperidine rings is 1. The highest BCUT2D eigenvalue weighted by Crippen LogP contribution is 2.34. The summed E-state index contributed by atoms with van der Waals surface area (Å²) < 4.78 is 5.88. The lowest BCUT2D eigenvalue weighted by Crippen LogP contribution is -2.30. The maximum atomic E-state index is 5.88. The van der Waals surface area contributed by atoms with E-state index >= 15 is 0 Å². The number of ether oxygens (including phenoxy) is 1. The molecule has 0 aliphatic carbocycles. The van der Waals surface area contributed by atoms with Crippen LogP contribution in [0.4, 0.5) is 5.82 Å². The van der Waals surface area contributed by atoms with E-state index in [9.17, 15) is 0 Å². The molecule has 1 saturated heterocycles. The first-order chi connectivity index (χ1) is 17.7. The van der Waals surface area contributed by atoms with Gasteiger partial charge in [-0.3, -0.25) is 10.1 Å². The molecule has 0 unspecified atom stereocenters. The SMILES string of the molecule is CN(C)CCOc1cncc(-c2cnc3[nH]nc(-c4cc5c(N6CCCCC6)nccc5[nH]4)c3c2)c1. The van der Waals surface area contributed by atoms with Gasteiger partial charge in [-0.15, -0.1) is 0 Å². The fraction of sp³-hybridized carbons (Fsp3) is 0.333. The van der Waals surface area contributed by atoms with E-state index < -0.39 is 0 Å². The summed E-state index contributed by atoms with van der Waals surface area (Å²) in [5.41, 5.74) is 5.50. The van der Waals surface area contributed by atoms with Crippen molar-refractivity contribution >= 4 is 27.8 Å². The lowest BCUT2D eigenvalue weighted by molar-refractivity contribution is 0.261. The summed E-state index contributed by atoms with van der Waals surface area (Å²) in [6.45, 7) is 3.56. The molecular weight excluding hydrogens is 452 g/mol. The van der Waals surface area contributed by atoms with Gasteiger partial charge in [-0.1, -0.05) is 0 Å². The number of aromatic amines is 2. The summed E-state index contributed by atoms with van der Waals surface area (Å²) in [5, 5.41) is 9.78. The maximum absolute atomic E-state index is 5.88. The minimum Gasteiger partial charge on any atom is -0.491 e. The molecule has 1 fully saturated rings. The van der Waals surface area contributed by atoms with Crippen LogP contribution in [0, 0.1) is 0 Å². The summed E-state index contributed by atoms with van der Waals surface area (Å²) in [4.78, 5) is 21.8. The van der Waals surface area contributed by atoms with Crippen LogP contribution in [0.15, 0.2) is 49.1 Å². The molecule has 0 atom stereocenters. The Balaban J connectivity index is 1.34. The molecule has 6 rings (SSSR count). The van der Waals surface area contributed by atoms with Crippen LogP contribution in [-0.4, -0.2) is 75.4 Å². The van der Waals surface area contributed by atoms with Crippen molar-refractivity contribution < 1.29 is 4.74 Å². The third kappa shape index (κ3) is 4.37. The summed E-state index contributed by atoms with van der Waals surface area (Å²) in [5.74, 6) is 1.79. The number of nitrogens with one attached hydrogen (secondary N) is 2. The molecule has 0 aromatic carbocycles. The van der Waals surface area contributed by atoms with Crippen LogP contribution in [0.3, 0.4) is 0 Å². The van der Waals surface area contributed by atoms with Crippen LogP contribution >= 0.6 is 0 Å². The molecule has 1 aliphatic heterocycles. The highest BCUT2D eigenvalue weighted by atomic mass is 16.5. The molecule has 184 valence electrons. The lowest BCUT2D eigenvalue weighted by atomic mass is 10.1. The van der Waals surface area contributed by atoms with E-state index in [1.165, 1.54) is 19.3 Å². The second kappa shape index (κ2) is 9.58. The zero-order valence-electron chi connectivity index (χ0n) is 20.7. The van der Waals surface area contributed by atoms with Crippen LogP contribution < -0.4 is 9.64 Å². The predicted octanol–water partition coefficient (Wildman–Crippen LogP) is 4.49. The first kappa shape index (κ1) is 22.5. The minimum atomic E-state index is 0.607. The van der Waals surface area contributed by atoms with Crippen LogP contribution in [0.5, 0.6) is 5.75 Å². The van der Waals surface area contributed by atoms with Crippen molar-refractivity contribution in [2.45, 2.75) is 19.3 Å². The second-order valence-electron chi connectivity index (χ2n) is 9.58. The minimum absolute atomic E-state index is 0.607. The quantitative estimate of drug-likeness (QED) is 0.353. The van der Waals surface area contributed by atoms with Gasteiger partial charge in [-0.05, 0) is 57.6 Å². The number of fused-ring (bicyclic) bond motifs is 2. The summed E-state index contributed by atoms with van der Waals surface area (Å²) in [6, 6.07) is 8.30. The highest BCUT2D eigenvalue weighted by Gasteiger charge is 2.19. The molecule has 5 aromatic heterocycles. The van der Waals surface area contributed by atoms with Crippen LogP contribution in [0.25, 0.3) is 44.5 Å². The average molecular weight is 483 g/mol. The van der Waals surface area contributed by atoms with E-state index in [0.717, 1.165) is 75.7 Å². The van der Waals surface area contributed by atoms with E-state index in [4.69, 9.17) is 9.72 Å². The van der Waals surface area contributed by atoms with E-state index in [0.29, 0.717) is 6.61 Å². The van der Waals surface area contributed by atoms with Crippen molar-refractivity contribution in [1.29, 1.82) is 0 Å². The van der Waals surface area contributed by atoms with E-state index in [1.54, 1.807) is 6.20 Å². The first-order valence-electron chi connectivity index (χ1n) is 12.5. The number of likely N-dealkylation sites (N-methyl/N-ethyl adjacent to an activating group) is 1. The molecule has 1 aliphatic rings. The molecule has 0 saturated carbocycles. The number of pyridine rings is 3. The van der Waals surface area contributed by atoms with Gasteiger partial charge >= 0.3 is 0 Å². The topological polar surface area (TPSA) is 98.8 Å². The molecule has 0 spiro atoms. The molecule has 9 nitrogen and oxygen atoms in total. The smallest absolute Gasteiger partial charge is 0.155 e. The highest BCUT2D eigenvalue weighted by molar-refractivity contribution is 5.99. The van der Waals surface area contributed by atoms with Gasteiger partial charge in [0, 0.05) is 60.1 Å². The lowest BCUT2D eigenvalue weighted by Gasteiger charge is -2.28. The van der Waals surface area contributed by atoms with E-state index in [-0.39, 0.29) is 0 Å². The third-order valence-corrected chi connectivity index (χ3v) is 6.71. The van der Waals surface area contributed by atoms with Gasteiger partial charge in [-0.25, -0.2) is 9.97 Å². The molecule has 6 heterocycles. The number of hydrogen-bond donors (Lipinski definition) is 2. The van der Waals surface area contributed by atoms with Gasteiger partial charge < -0.3 is 19.5 Å². The molecule has 0 radical (unpaired) electrons. The number of rotatable bonds is 7. The molecule has 2 N–H and O–H groups in total. The zero-order chi connectivity index (χ0) is 24.5. The fourth-order valence-electron chi connectivity index (χ4n) is 4.79. The Morgan fingerprint density at radius 2 is 1.83 bits per heavy atom. The van der Waals surface area contributed by atoms with Gasteiger partial charge in [0.15, 0.2) is 5.65 Å². The molecule has 9 heteroatoms. The maximum Gasteiger partial charge on any atom is 0.155 e. The predicted molar refractivity (Wildman–Crippen MR) is 142 cm³/mol. The summed E-state index contributed by atoms with van der Waals surface area (Å²) in [7, 11) is 4.05. The monoisotopic (exact) mass is 482 g/mol. The molecule has 36 heavy (non-hydrogen) atoms. The van der Waals surface area contributed by atoms with Crippen molar-refractivity contribution in [3.63, 3.8) is 0 Å². The van der Waals surface area contributed by atoms with Gasteiger partial charge in [0.05, 0.1) is 17.4 Å². The Kier molecular flexibility index (Phi) is 5.98. The zero-order valence-corrected chi connectivity index (χ0v) is 20.7. The normalized spacial score (nSPS) is 14.2. The Labute approximate surface area is 209 Å². The second-order valence-corrected chi connectivity index (χ2v) is 9.58. The number of aromatic nitrogens is 6. The van der Waals surface area contributed by atoms with Gasteiger partial charge in [0.2, 0.25) is 0 Å². The van der Waals surface area contributed by atoms with Crippen molar-refractivity contribution in [2.24, 2.45) is 0 Å². The number of nitrogens with zero attached hydrogens (tertiary/aromatic N) is 6. The molecule has 5 aromatic rings. The number of hydrogen-bond acceptors (Lipinski definition) is 7. The molecule has 0 amide bonds. The Morgan fingerprint density at radius 1 is 0.972 bits per heavy atom. The van der Waals surface area contributed by atoms with Gasteiger partial charge in [0.1, 0.15) is 23.9 Å². The van der Waals surface area contributed by atoms with Crippen molar-refractivity contribution in [2.75, 3.05) is 45.2 Å². The standard InChI is InChI=1S/C27H30N8O/c1-34(2)10-11-36-20-12-18(15-28-17-20)19-13-22-25(32-33-26(22)30-16-19)24-14-21-23(31-24)6-7-29-27(21)35-8-4-3-5-9-35/h6-7,12-17,31H,3-5,8-11H2,1-2H3,(H,30,32,33). The summed E-state index contributed by atoms with van der Waals surface area (Å²) in [6.07, 6.45) is 11.0. The Hall–Kier alpha value is -3.98. The van der Waals surface area contributed by atoms with Crippen molar-refractivity contribution in [3.8, 4) is 28.3 Å². The number of anilines is 1. The first-order valence-corrected chi connectivity index (χ1v) is 12.5. The average Bonchev–Trinajstić information content (AvgIpc) is 3.53. The molecule has 0 bridgehead atoms.